The Balaban J connectivity index is 2.43. The molecular weight excluding hydrogens is 351 g/mol. The number of allylic oxidation sites excluding steroid dienone is 1. The topological polar surface area (TPSA) is 54.4 Å². The first kappa shape index (κ1) is 14.2. The molecule has 0 aromatic heterocycles. The van der Waals surface area contributed by atoms with Crippen LogP contribution in [-0.2, 0) is 9.84 Å². The zero-order valence-electron chi connectivity index (χ0n) is 10.6. The van der Waals surface area contributed by atoms with Crippen LogP contribution in [0.2, 0.25) is 4.18 Å². The number of sulfone groups is 1. The van der Waals surface area contributed by atoms with Gasteiger partial charge in [-0.25, -0.2) is 0 Å². The second-order valence-corrected chi connectivity index (χ2v) is 19.0. The van der Waals surface area contributed by atoms with Gasteiger partial charge in [0.1, 0.15) is 0 Å². The van der Waals surface area contributed by atoms with Crippen molar-refractivity contribution in [1.29, 1.82) is 0 Å². The third-order valence-electron chi connectivity index (χ3n) is 3.36. The van der Waals surface area contributed by atoms with Crippen molar-refractivity contribution in [2.75, 3.05) is 0 Å². The zero-order chi connectivity index (χ0) is 13.4. The van der Waals surface area contributed by atoms with E-state index in [0.29, 0.717) is 7.56 Å². The summed E-state index contributed by atoms with van der Waals surface area (Å²) in [6, 6.07) is 8.52. The second-order valence-electron chi connectivity index (χ2n) is 5.21. The average molecular weight is 368 g/mol. The Kier molecular flexibility index (Phi) is 3.95. The molecule has 0 radical (unpaired) electrons. The summed E-state index contributed by atoms with van der Waals surface area (Å²) < 4.78 is 25.8. The molecule has 0 unspecified atom stereocenters. The average Bonchev–Trinajstić information content (AvgIpc) is 2.79. The fraction of sp³-hybridized carbons (Fsp3) is 0.385. The molecule has 0 aliphatic carbocycles. The molecule has 3 nitrogen and oxygen atoms in total. The fourth-order valence-corrected chi connectivity index (χ4v) is 18.5. The van der Waals surface area contributed by atoms with Crippen molar-refractivity contribution >= 4 is 31.3 Å². The number of aliphatic hydroxyl groups is 1. The van der Waals surface area contributed by atoms with E-state index in [9.17, 15) is 13.5 Å². The van der Waals surface area contributed by atoms with Crippen LogP contribution in [0.25, 0.3) is 0 Å². The van der Waals surface area contributed by atoms with Crippen molar-refractivity contribution in [1.82, 2.24) is 0 Å². The summed E-state index contributed by atoms with van der Waals surface area (Å²) in [5, 5.41) is 10.2. The van der Waals surface area contributed by atoms with Crippen molar-refractivity contribution in [3.8, 4) is 0 Å². The van der Waals surface area contributed by atoms with Crippen molar-refractivity contribution in [2.24, 2.45) is 0 Å². The van der Waals surface area contributed by atoms with Crippen molar-refractivity contribution < 1.29 is 13.5 Å². The number of hydrogen-bond acceptors (Lipinski definition) is 3. The van der Waals surface area contributed by atoms with Crippen LogP contribution in [0.15, 0.2) is 44.0 Å². The van der Waals surface area contributed by atoms with Crippen molar-refractivity contribution in [3.05, 3.63) is 39.1 Å². The Hall–Kier alpha value is -0.260. The Morgan fingerprint density at radius 3 is 2.39 bits per heavy atom. The van der Waals surface area contributed by atoms with E-state index in [1.54, 1.807) is 44.2 Å². The van der Waals surface area contributed by atoms with Crippen LogP contribution in [0, 0.1) is 0 Å². The monoisotopic (exact) mass is 368 g/mol. The molecule has 2 rings (SSSR count). The van der Waals surface area contributed by atoms with Crippen LogP contribution in [0.3, 0.4) is 0 Å². The summed E-state index contributed by atoms with van der Waals surface area (Å²) in [6.07, 6.45) is 2.63. The van der Waals surface area contributed by atoms with Gasteiger partial charge >= 0.3 is 117 Å². The van der Waals surface area contributed by atoms with E-state index in [1.165, 1.54) is 0 Å². The summed E-state index contributed by atoms with van der Waals surface area (Å²) in [4.78, 5) is 0.351. The minimum atomic E-state index is -3.38. The standard InChI is InChI=1S/C10H10O2S.C3H7O.In/c1-2-3-9-13(11,12)10-7-5-4-6-8-10;1-3(2)4;/h3-8H,1-2H2;4H,1-2H3;. The number of benzene rings is 1. The molecule has 96 valence electrons. The quantitative estimate of drug-likeness (QED) is 0.889. The Bertz CT molecular complexity index is 556. The third kappa shape index (κ3) is 2.68. The summed E-state index contributed by atoms with van der Waals surface area (Å²) in [6.45, 7) is 3.51. The van der Waals surface area contributed by atoms with Crippen LogP contribution in [-0.4, -0.2) is 38.3 Å². The molecule has 0 saturated heterocycles. The van der Waals surface area contributed by atoms with Gasteiger partial charge in [0, 0.05) is 0 Å². The van der Waals surface area contributed by atoms with Crippen LogP contribution in [0.1, 0.15) is 20.3 Å². The molecule has 1 aliphatic rings. The van der Waals surface area contributed by atoms with Crippen LogP contribution in [0.5, 0.6) is 0 Å². The Labute approximate surface area is 116 Å². The number of hydrogen-bond donors (Lipinski definition) is 1. The van der Waals surface area contributed by atoms with Gasteiger partial charge < -0.3 is 0 Å². The van der Waals surface area contributed by atoms with Gasteiger partial charge in [-0.2, -0.15) is 0 Å². The Morgan fingerprint density at radius 1 is 1.22 bits per heavy atom. The van der Waals surface area contributed by atoms with Crippen molar-refractivity contribution in [3.63, 3.8) is 0 Å². The van der Waals surface area contributed by atoms with Gasteiger partial charge in [0.25, 0.3) is 0 Å². The van der Waals surface area contributed by atoms with Gasteiger partial charge in [-0.05, 0) is 0 Å². The molecule has 1 aromatic rings. The predicted molar refractivity (Wildman–Crippen MR) is 73.2 cm³/mol. The van der Waals surface area contributed by atoms with E-state index in [-0.39, 0.29) is 0 Å². The summed E-state index contributed by atoms with van der Waals surface area (Å²) in [5.41, 5.74) is 0. The maximum atomic E-state index is 12.6. The predicted octanol–water partition coefficient (Wildman–Crippen LogP) is 2.09. The normalized spacial score (nSPS) is 16.8. The minimum absolute atomic E-state index is 0.351. The molecule has 0 amide bonds. The second kappa shape index (κ2) is 5.02. The van der Waals surface area contributed by atoms with E-state index in [1.807, 2.05) is 6.08 Å². The first-order chi connectivity index (χ1) is 8.33. The molecule has 1 N–H and O–H groups in total. The van der Waals surface area contributed by atoms with Crippen LogP contribution < -0.4 is 0 Å². The van der Waals surface area contributed by atoms with E-state index in [0.717, 1.165) is 10.6 Å². The molecule has 1 aliphatic heterocycles. The van der Waals surface area contributed by atoms with E-state index < -0.39 is 34.6 Å². The third-order valence-corrected chi connectivity index (χ3v) is 19.7. The number of rotatable bonds is 3. The van der Waals surface area contributed by atoms with E-state index in [2.05, 4.69) is 0 Å². The Morgan fingerprint density at radius 2 is 1.83 bits per heavy atom. The van der Waals surface area contributed by atoms with Gasteiger partial charge in [-0.3, -0.25) is 0 Å². The molecule has 18 heavy (non-hydrogen) atoms. The molecule has 0 bridgehead atoms. The molecule has 0 fully saturated rings. The van der Waals surface area contributed by atoms with Crippen LogP contribution in [0.4, 0.5) is 0 Å². The van der Waals surface area contributed by atoms with Gasteiger partial charge in [0.2, 0.25) is 0 Å². The van der Waals surface area contributed by atoms with Gasteiger partial charge in [-0.15, -0.1) is 0 Å². The molecule has 0 atom stereocenters. The SMILES string of the molecule is C[C](C)(O)[In]1[CH2]CC=[C]1S(=O)(=O)c1ccccc1. The first-order valence-corrected chi connectivity index (χ1v) is 13.2. The summed E-state index contributed by atoms with van der Waals surface area (Å²) in [5.74, 6) is 0. The summed E-state index contributed by atoms with van der Waals surface area (Å²) in [7, 11) is -3.38. The molecule has 5 heteroatoms. The molecule has 0 saturated carbocycles. The van der Waals surface area contributed by atoms with Gasteiger partial charge in [0.15, 0.2) is 0 Å². The zero-order valence-corrected chi connectivity index (χ0v) is 14.7. The summed E-state index contributed by atoms with van der Waals surface area (Å²) >= 11 is -2.64. The molecule has 0 spiro atoms. The van der Waals surface area contributed by atoms with Crippen molar-refractivity contribution in [2.45, 2.75) is 32.7 Å². The van der Waals surface area contributed by atoms with Gasteiger partial charge in [0.05, 0.1) is 0 Å². The molecule has 1 heterocycles. The molecule has 1 aromatic carbocycles. The van der Waals surface area contributed by atoms with Gasteiger partial charge in [-0.1, -0.05) is 0 Å². The maximum absolute atomic E-state index is 12.6. The first-order valence-electron chi connectivity index (χ1n) is 6.06. The fourth-order valence-electron chi connectivity index (χ4n) is 2.41. The van der Waals surface area contributed by atoms with Crippen LogP contribution >= 0.6 is 0 Å². The van der Waals surface area contributed by atoms with E-state index >= 15 is 0 Å². The molecular formula is C13H17InO3S. The van der Waals surface area contributed by atoms with E-state index in [4.69, 9.17) is 0 Å².